The fourth-order valence-corrected chi connectivity index (χ4v) is 2.76. The maximum atomic E-state index is 11.9. The summed E-state index contributed by atoms with van der Waals surface area (Å²) in [6.07, 6.45) is 2.59. The summed E-state index contributed by atoms with van der Waals surface area (Å²) < 4.78 is 5.09. The number of hydrogen-bond donors (Lipinski definition) is 1. The molecule has 0 saturated carbocycles. The molecule has 1 aliphatic heterocycles. The summed E-state index contributed by atoms with van der Waals surface area (Å²) in [4.78, 5) is 14.3. The van der Waals surface area contributed by atoms with E-state index in [0.29, 0.717) is 18.3 Å². The minimum Gasteiger partial charge on any atom is -0.459 e. The monoisotopic (exact) mass is 284 g/mol. The van der Waals surface area contributed by atoms with Crippen molar-refractivity contribution in [3.8, 4) is 0 Å². The van der Waals surface area contributed by atoms with Gasteiger partial charge in [0.15, 0.2) is 5.76 Å². The number of furan rings is 1. The van der Waals surface area contributed by atoms with Crippen molar-refractivity contribution in [3.63, 3.8) is 0 Å². The highest BCUT2D eigenvalue weighted by Gasteiger charge is 2.21. The van der Waals surface area contributed by atoms with Gasteiger partial charge in [0.05, 0.1) is 6.26 Å². The molecule has 0 radical (unpaired) electrons. The molecule has 2 heterocycles. The maximum Gasteiger partial charge on any atom is 0.287 e. The summed E-state index contributed by atoms with van der Waals surface area (Å²) >= 11 is 0. The highest BCUT2D eigenvalue weighted by molar-refractivity contribution is 5.91. The van der Waals surface area contributed by atoms with E-state index < -0.39 is 0 Å². The van der Waals surface area contributed by atoms with Crippen LogP contribution in [0, 0.1) is 0 Å². The van der Waals surface area contributed by atoms with E-state index >= 15 is 0 Å². The smallest absolute Gasteiger partial charge is 0.287 e. The van der Waals surface area contributed by atoms with Crippen molar-refractivity contribution in [2.45, 2.75) is 25.9 Å². The quantitative estimate of drug-likeness (QED) is 0.938. The fraction of sp³-hybridized carbons (Fsp3) is 0.353. The lowest BCUT2D eigenvalue weighted by Gasteiger charge is -2.33. The Morgan fingerprint density at radius 2 is 2.10 bits per heavy atom. The Hall–Kier alpha value is -2.07. The lowest BCUT2D eigenvalue weighted by molar-refractivity contribution is 0.0905. The van der Waals surface area contributed by atoms with Gasteiger partial charge in [-0.25, -0.2) is 0 Å². The van der Waals surface area contributed by atoms with Crippen molar-refractivity contribution in [2.75, 3.05) is 13.1 Å². The highest BCUT2D eigenvalue weighted by atomic mass is 16.3. The molecule has 0 unspecified atom stereocenters. The minimum absolute atomic E-state index is 0.149. The molecule has 1 N–H and O–H groups in total. The van der Waals surface area contributed by atoms with Crippen LogP contribution in [0.5, 0.6) is 0 Å². The Bertz CT molecular complexity index is 607. The molecule has 1 aromatic heterocycles. The van der Waals surface area contributed by atoms with Crippen molar-refractivity contribution in [1.82, 2.24) is 10.2 Å². The molecule has 4 heteroatoms. The summed E-state index contributed by atoms with van der Waals surface area (Å²) in [7, 11) is 0. The van der Waals surface area contributed by atoms with Gasteiger partial charge in [0.2, 0.25) is 0 Å². The second-order valence-electron chi connectivity index (χ2n) is 5.53. The molecule has 0 saturated heterocycles. The van der Waals surface area contributed by atoms with Gasteiger partial charge in [-0.15, -0.1) is 0 Å². The molecule has 1 aromatic carbocycles. The predicted octanol–water partition coefficient (Wildman–Crippen LogP) is 2.46. The zero-order valence-corrected chi connectivity index (χ0v) is 12.2. The third-order valence-corrected chi connectivity index (χ3v) is 4.09. The van der Waals surface area contributed by atoms with Crippen molar-refractivity contribution in [3.05, 3.63) is 59.5 Å². The summed E-state index contributed by atoms with van der Waals surface area (Å²) in [6.45, 7) is 4.76. The third-order valence-electron chi connectivity index (χ3n) is 4.09. The number of fused-ring (bicyclic) bond motifs is 1. The molecule has 0 aliphatic carbocycles. The van der Waals surface area contributed by atoms with Crippen LogP contribution in [-0.4, -0.2) is 29.9 Å². The number of nitrogens with zero attached hydrogens (tertiary/aromatic N) is 1. The van der Waals surface area contributed by atoms with Crippen LogP contribution >= 0.6 is 0 Å². The standard InChI is InChI=1S/C17H20N2O2/c1-13(11-18-17(20)16-7-4-10-21-16)19-9-8-14-5-2-3-6-15(14)12-19/h2-7,10,13H,8-9,11-12H2,1H3,(H,18,20)/t13-/m0/s1. The van der Waals surface area contributed by atoms with Crippen LogP contribution in [0.4, 0.5) is 0 Å². The Kier molecular flexibility index (Phi) is 4.06. The van der Waals surface area contributed by atoms with Gasteiger partial charge in [-0.3, -0.25) is 9.69 Å². The summed E-state index contributed by atoms with van der Waals surface area (Å²) in [5, 5.41) is 2.93. The first-order chi connectivity index (χ1) is 10.2. The fourth-order valence-electron chi connectivity index (χ4n) is 2.76. The van der Waals surface area contributed by atoms with Gasteiger partial charge in [0.1, 0.15) is 0 Å². The van der Waals surface area contributed by atoms with Crippen LogP contribution in [-0.2, 0) is 13.0 Å². The van der Waals surface area contributed by atoms with Gasteiger partial charge < -0.3 is 9.73 Å². The number of carbonyl (C=O) groups is 1. The Balaban J connectivity index is 1.55. The van der Waals surface area contributed by atoms with Gasteiger partial charge >= 0.3 is 0 Å². The largest absolute Gasteiger partial charge is 0.459 e. The SMILES string of the molecule is C[C@@H](CNC(=O)c1ccco1)N1CCc2ccccc2C1. The normalized spacial score (nSPS) is 16.2. The zero-order valence-electron chi connectivity index (χ0n) is 12.2. The first-order valence-corrected chi connectivity index (χ1v) is 7.36. The van der Waals surface area contributed by atoms with Gasteiger partial charge in [-0.05, 0) is 36.6 Å². The Morgan fingerprint density at radius 3 is 2.86 bits per heavy atom. The van der Waals surface area contributed by atoms with Crippen LogP contribution in [0.1, 0.15) is 28.6 Å². The lowest BCUT2D eigenvalue weighted by Crippen LogP contribution is -2.44. The van der Waals surface area contributed by atoms with E-state index in [-0.39, 0.29) is 5.91 Å². The molecule has 1 amide bonds. The van der Waals surface area contributed by atoms with E-state index in [1.54, 1.807) is 12.1 Å². The first-order valence-electron chi connectivity index (χ1n) is 7.36. The van der Waals surface area contributed by atoms with E-state index in [4.69, 9.17) is 4.42 Å². The topological polar surface area (TPSA) is 45.5 Å². The minimum atomic E-state index is -0.149. The molecule has 0 spiro atoms. The molecule has 4 nitrogen and oxygen atoms in total. The maximum absolute atomic E-state index is 11.9. The molecule has 1 atom stereocenters. The molecule has 0 bridgehead atoms. The van der Waals surface area contributed by atoms with Crippen LogP contribution in [0.3, 0.4) is 0 Å². The van der Waals surface area contributed by atoms with E-state index in [9.17, 15) is 4.79 Å². The Morgan fingerprint density at radius 1 is 1.29 bits per heavy atom. The number of rotatable bonds is 4. The van der Waals surface area contributed by atoms with Gasteiger partial charge in [0, 0.05) is 25.7 Å². The Labute approximate surface area is 124 Å². The first kappa shape index (κ1) is 13.9. The number of hydrogen-bond acceptors (Lipinski definition) is 3. The molecule has 1 aliphatic rings. The third kappa shape index (κ3) is 3.16. The molecular weight excluding hydrogens is 264 g/mol. The van der Waals surface area contributed by atoms with Crippen LogP contribution in [0.2, 0.25) is 0 Å². The molecule has 110 valence electrons. The van der Waals surface area contributed by atoms with Gasteiger partial charge in [0.25, 0.3) is 5.91 Å². The van der Waals surface area contributed by atoms with E-state index in [1.165, 1.54) is 17.4 Å². The number of carbonyl (C=O) groups excluding carboxylic acids is 1. The zero-order chi connectivity index (χ0) is 14.7. The van der Waals surface area contributed by atoms with Crippen molar-refractivity contribution < 1.29 is 9.21 Å². The van der Waals surface area contributed by atoms with Gasteiger partial charge in [-0.2, -0.15) is 0 Å². The average Bonchev–Trinajstić information content (AvgIpc) is 3.06. The number of amides is 1. The molecule has 3 rings (SSSR count). The van der Waals surface area contributed by atoms with Crippen molar-refractivity contribution in [2.24, 2.45) is 0 Å². The lowest BCUT2D eigenvalue weighted by atomic mass is 9.99. The van der Waals surface area contributed by atoms with Crippen molar-refractivity contribution >= 4 is 5.91 Å². The van der Waals surface area contributed by atoms with Crippen LogP contribution < -0.4 is 5.32 Å². The van der Waals surface area contributed by atoms with Gasteiger partial charge in [-0.1, -0.05) is 24.3 Å². The second-order valence-corrected chi connectivity index (χ2v) is 5.53. The average molecular weight is 284 g/mol. The summed E-state index contributed by atoms with van der Waals surface area (Å²) in [5.41, 5.74) is 2.84. The van der Waals surface area contributed by atoms with Crippen LogP contribution in [0.15, 0.2) is 47.1 Å². The number of nitrogens with one attached hydrogen (secondary N) is 1. The van der Waals surface area contributed by atoms with Crippen molar-refractivity contribution in [1.29, 1.82) is 0 Å². The predicted molar refractivity (Wildman–Crippen MR) is 81.1 cm³/mol. The van der Waals surface area contributed by atoms with E-state index in [2.05, 4.69) is 41.4 Å². The highest BCUT2D eigenvalue weighted by Crippen LogP contribution is 2.19. The van der Waals surface area contributed by atoms with E-state index in [0.717, 1.165) is 19.5 Å². The molecular formula is C17H20N2O2. The molecule has 0 fully saturated rings. The second kappa shape index (κ2) is 6.14. The van der Waals surface area contributed by atoms with E-state index in [1.807, 2.05) is 0 Å². The molecule has 21 heavy (non-hydrogen) atoms. The number of benzene rings is 1. The van der Waals surface area contributed by atoms with Crippen LogP contribution in [0.25, 0.3) is 0 Å². The molecule has 2 aromatic rings. The summed E-state index contributed by atoms with van der Waals surface area (Å²) in [6, 6.07) is 12.3. The summed E-state index contributed by atoms with van der Waals surface area (Å²) in [5.74, 6) is 0.218.